The number of aliphatic hydroxyl groups is 17. The fourth-order valence-corrected chi connectivity index (χ4v) is 16.2. The van der Waals surface area contributed by atoms with Gasteiger partial charge in [-0.2, -0.15) is 8.42 Å². The van der Waals surface area contributed by atoms with E-state index in [0.29, 0.717) is 12.8 Å². The first-order valence-electron chi connectivity index (χ1n) is 42.2. The van der Waals surface area contributed by atoms with Crippen LogP contribution in [0.5, 0.6) is 0 Å². The smallest absolute Gasteiger partial charge is 0.394 e. The predicted octanol–water partition coefficient (Wildman–Crippen LogP) is -2.45. The molecule has 8 heterocycles. The Hall–Kier alpha value is -3.14. The van der Waals surface area contributed by atoms with Gasteiger partial charge in [0.05, 0.1) is 70.0 Å². The summed E-state index contributed by atoms with van der Waals surface area (Å²) in [5.74, 6) is -5.35. The summed E-state index contributed by atoms with van der Waals surface area (Å²) >= 11 is 0. The van der Waals surface area contributed by atoms with Gasteiger partial charge in [0.25, 0.3) is 11.7 Å². The zero-order chi connectivity index (χ0) is 85.7. The summed E-state index contributed by atoms with van der Waals surface area (Å²) in [6, 6.07) is -4.64. The lowest BCUT2D eigenvalue weighted by atomic mass is 9.84. The van der Waals surface area contributed by atoms with Crippen molar-refractivity contribution in [2.75, 3.05) is 39.6 Å². The van der Waals surface area contributed by atoms with E-state index in [1.54, 1.807) is 6.08 Å². The Balaban J connectivity index is 1.09. The van der Waals surface area contributed by atoms with Gasteiger partial charge in [-0.05, 0) is 26.2 Å². The first-order valence-corrected chi connectivity index (χ1v) is 43.5. The van der Waals surface area contributed by atoms with Gasteiger partial charge < -0.3 is 160 Å². The maximum Gasteiger partial charge on any atom is 0.397 e. The second-order valence-corrected chi connectivity index (χ2v) is 33.2. The highest BCUT2D eigenvalue weighted by Gasteiger charge is 2.65. The van der Waals surface area contributed by atoms with E-state index in [9.17, 15) is 114 Å². The summed E-state index contributed by atoms with van der Waals surface area (Å²) in [5, 5.41) is 199. The van der Waals surface area contributed by atoms with E-state index in [-0.39, 0.29) is 12.3 Å². The molecule has 33 atom stereocenters. The minimum atomic E-state index is -5.57. The van der Waals surface area contributed by atoms with Crippen LogP contribution in [-0.2, 0) is 85.8 Å². The Kier molecular flexibility index (Phi) is 43.8. The normalized spacial score (nSPS) is 37.2. The van der Waals surface area contributed by atoms with Crippen molar-refractivity contribution in [2.24, 2.45) is 0 Å². The van der Waals surface area contributed by atoms with E-state index in [1.165, 1.54) is 110 Å². The van der Waals surface area contributed by atoms with Gasteiger partial charge in [-0.3, -0.25) is 18.9 Å². The van der Waals surface area contributed by atoms with Gasteiger partial charge in [0.15, 0.2) is 31.5 Å². The fourth-order valence-electron chi connectivity index (χ4n) is 15.9. The molecule has 8 aliphatic rings. The average Bonchev–Trinajstić information content (AvgIpc) is 0.723. The van der Waals surface area contributed by atoms with Crippen molar-refractivity contribution in [3.63, 3.8) is 0 Å². The van der Waals surface area contributed by atoms with Gasteiger partial charge in [0, 0.05) is 19.8 Å². The van der Waals surface area contributed by atoms with Crippen LogP contribution in [0.1, 0.15) is 214 Å². The molecule has 0 unspecified atom stereocenters. The molecule has 682 valence electrons. The first kappa shape index (κ1) is 101. The molecule has 8 rings (SSSR count). The number of hydrogen-bond acceptors (Lipinski definition) is 35. The van der Waals surface area contributed by atoms with E-state index in [2.05, 4.69) is 29.8 Å². The number of unbranched alkanes of at least 4 members (excludes halogenated alkanes) is 25. The summed E-state index contributed by atoms with van der Waals surface area (Å²) < 4.78 is 112. The van der Waals surface area contributed by atoms with Crippen molar-refractivity contribution in [2.45, 2.75) is 416 Å². The van der Waals surface area contributed by atoms with Crippen molar-refractivity contribution >= 4 is 28.1 Å². The lowest BCUT2D eigenvalue weighted by Crippen LogP contribution is -2.77. The third-order valence-electron chi connectivity index (χ3n) is 22.8. The molecule has 0 aromatic carbocycles. The first-order chi connectivity index (χ1) is 55.9. The van der Waals surface area contributed by atoms with Gasteiger partial charge in [-0.25, -0.2) is 4.18 Å². The topological polar surface area (TPSA) is 606 Å². The Morgan fingerprint density at radius 2 is 1.02 bits per heavy atom. The molecule has 0 aromatic heterocycles. The number of allylic oxidation sites excluding steroid dienone is 1. The molecule has 8 aliphatic heterocycles. The average molecular weight is 1710 g/mol. The number of rotatable bonds is 54. The van der Waals surface area contributed by atoms with Crippen LogP contribution in [-0.4, -0.2) is 359 Å². The molecule has 8 fully saturated rings. The van der Waals surface area contributed by atoms with Gasteiger partial charge in [0.2, 0.25) is 11.8 Å². The minimum Gasteiger partial charge on any atom is -0.394 e. The van der Waals surface area contributed by atoms with E-state index in [1.807, 2.05) is 6.08 Å². The number of morpholine rings is 1. The van der Waals surface area contributed by atoms with Crippen LogP contribution >= 0.6 is 0 Å². The number of hydrogen-bond donors (Lipinski definition) is 21. The monoisotopic (exact) mass is 1710 g/mol. The molecule has 0 aliphatic carbocycles. The molecule has 0 radical (unpaired) electrons. The molecule has 0 saturated carbocycles. The molecule has 40 heteroatoms. The van der Waals surface area contributed by atoms with Crippen LogP contribution < -0.4 is 16.0 Å². The lowest BCUT2D eigenvalue weighted by Gasteiger charge is -2.55. The summed E-state index contributed by atoms with van der Waals surface area (Å²) in [6.07, 6.45) is -26.2. The highest BCUT2D eigenvalue weighted by Crippen LogP contribution is 2.43. The Bertz CT molecular complexity index is 2980. The van der Waals surface area contributed by atoms with E-state index < -0.39 is 270 Å². The maximum absolute atomic E-state index is 13.8. The molecule has 0 spiro atoms. The molecule has 2 bridgehead atoms. The van der Waals surface area contributed by atoms with Crippen LogP contribution in [0.3, 0.4) is 0 Å². The minimum absolute atomic E-state index is 0.139. The zero-order valence-corrected chi connectivity index (χ0v) is 68.5. The van der Waals surface area contributed by atoms with Crippen molar-refractivity contribution in [3.05, 3.63) is 12.2 Å². The number of ether oxygens (including phenoxy) is 12. The summed E-state index contributed by atoms with van der Waals surface area (Å²) in [5.41, 5.74) is 0. The van der Waals surface area contributed by atoms with Gasteiger partial charge >= 0.3 is 10.4 Å². The number of fused-ring (bicyclic) bond motifs is 3. The summed E-state index contributed by atoms with van der Waals surface area (Å²) in [7, 11) is -5.57. The van der Waals surface area contributed by atoms with Gasteiger partial charge in [-0.15, -0.1) is 0 Å². The Labute approximate surface area is 684 Å². The number of aliphatic hydroxyl groups excluding tert-OH is 17. The molecule has 117 heavy (non-hydrogen) atoms. The van der Waals surface area contributed by atoms with Crippen LogP contribution in [0.2, 0.25) is 0 Å². The van der Waals surface area contributed by atoms with E-state index in [4.69, 9.17) is 61.0 Å². The molecule has 8 saturated heterocycles. The number of amides is 3. The second kappa shape index (κ2) is 50.7. The molecular weight excluding hydrogens is 1570 g/mol. The van der Waals surface area contributed by atoms with Crippen LogP contribution in [0.25, 0.3) is 0 Å². The van der Waals surface area contributed by atoms with Crippen molar-refractivity contribution < 1.29 is 175 Å². The van der Waals surface area contributed by atoms with E-state index in [0.717, 1.165) is 64.7 Å². The summed E-state index contributed by atoms with van der Waals surface area (Å²) in [6.45, 7) is 0.262. The fraction of sp³-hybridized carbons (Fsp3) is 0.935. The molecule has 0 aromatic rings. The third-order valence-corrected chi connectivity index (χ3v) is 23.2. The molecule has 39 nitrogen and oxygen atoms in total. The molecular formula is C77H137N3O36S. The zero-order valence-electron chi connectivity index (χ0n) is 67.7. The highest BCUT2D eigenvalue weighted by atomic mass is 32.3. The van der Waals surface area contributed by atoms with Crippen molar-refractivity contribution in [1.29, 1.82) is 0 Å². The molecule has 21 N–H and O–H groups in total. The summed E-state index contributed by atoms with van der Waals surface area (Å²) in [4.78, 5) is 40.9. The lowest BCUT2D eigenvalue weighted by molar-refractivity contribution is -0.400. The third kappa shape index (κ3) is 29.5. The number of carbonyl (C=O) groups is 3. The predicted molar refractivity (Wildman–Crippen MR) is 407 cm³/mol. The second-order valence-electron chi connectivity index (χ2n) is 32.1. The SMILES string of the molecule is CCCCCCCCCCCCC/C=C/[C@@H](O)[C@H](CO[C@@H]1O[C@H](CO)[C@@H](O[C@@H]2O[C@H](CO)[C@H](O)[C@H](O[C@@H]3O[C@H](COS(=O)(=O)O)[C@@H](O[C@@H]4O[C@H](CO)[C@H](O)[C@H](O[C@@]56C[C@H](O)[C@@H](NC5=O)[C@H]([C@H](O)[C@H](O)CO)O6)[C@H]4O)[C@H](O[C@@H]4O[C@@H](C)[C@@H](O)[C@@H](O)[C@@H]4O)[C@H]3NC(C)=O)[C@H]2O)[C@H](O)[C@H]1O)NC(=O)CCCCCCCCCCCCCCCCC. The van der Waals surface area contributed by atoms with Gasteiger partial charge in [-0.1, -0.05) is 180 Å². The maximum atomic E-state index is 13.8. The van der Waals surface area contributed by atoms with Crippen LogP contribution in [0.4, 0.5) is 0 Å². The van der Waals surface area contributed by atoms with Crippen molar-refractivity contribution in [1.82, 2.24) is 16.0 Å². The standard InChI is InChI=1S/C77H137N3O36S/c1-5-7-9-11-13-15-17-19-20-22-24-26-28-30-32-34-52(89)79-44(45(86)33-31-29-27-25-23-21-18-16-14-12-10-8-6-2)40-104-72-62(97)60(95)65(50(39-84)109-72)111-74-63(98)69(57(92)48(37-82)107-74)114-71-54(78-43(4)85)68(113-73-61(96)59(94)55(90)42(3)106-73)66(51(110-71)41-105-117(101,102)103)112-75-64(99)70(58(93)49(38-83)108-75)116-77-35-46(87)53(80-76(77)100)67(115-77)56(91)47(88)36-81/h31,33,42,44-51,53-75,81-84,86-88,90-99H,5-30,32,34-41H2,1-4H3,(H,78,85)(H,79,89)(H,80,100)(H,101,102,103)/b33-31+/t42-,44-,45+,46-,47+,48+,49+,50+,51+,53+,54+,55+,56+,57-,58-,59+,60+,61-,62+,63+,64+,65+,66+,67+,68+,69-,70-,71-,72+,73-,74-,75-,77-/m0/s1. The number of piperidine rings is 1. The van der Waals surface area contributed by atoms with Crippen molar-refractivity contribution in [3.8, 4) is 0 Å². The quantitative estimate of drug-likeness (QED) is 0.0171. The number of nitrogens with one attached hydrogen (secondary N) is 3. The largest absolute Gasteiger partial charge is 0.397 e. The highest BCUT2D eigenvalue weighted by molar-refractivity contribution is 7.80. The van der Waals surface area contributed by atoms with E-state index >= 15 is 0 Å². The Morgan fingerprint density at radius 1 is 0.547 bits per heavy atom. The number of carbonyl (C=O) groups excluding carboxylic acids is 3. The van der Waals surface area contributed by atoms with Gasteiger partial charge in [0.1, 0.15) is 134 Å². The Morgan fingerprint density at radius 3 is 1.55 bits per heavy atom. The van der Waals surface area contributed by atoms with Crippen LogP contribution in [0, 0.1) is 0 Å². The molecule has 3 amide bonds. The van der Waals surface area contributed by atoms with Crippen LogP contribution in [0.15, 0.2) is 12.2 Å².